The quantitative estimate of drug-likeness (QED) is 0.531. The molecular weight excluding hydrogens is 396 g/mol. The molecule has 0 spiro atoms. The fourth-order valence-corrected chi connectivity index (χ4v) is 3.88. The molecular formula is C20H21ClN4O2S. The maximum absolute atomic E-state index is 10.3. The highest BCUT2D eigenvalue weighted by atomic mass is 35.5. The number of halogens is 1. The summed E-state index contributed by atoms with van der Waals surface area (Å²) in [4.78, 5) is 4.18. The van der Waals surface area contributed by atoms with Gasteiger partial charge in [0.1, 0.15) is 0 Å². The largest absolute Gasteiger partial charge is 0.390 e. The number of thioether (sulfide) groups is 1. The Kier molecular flexibility index (Phi) is 6.26. The van der Waals surface area contributed by atoms with Crippen molar-refractivity contribution in [1.82, 2.24) is 19.7 Å². The molecule has 1 aliphatic carbocycles. The van der Waals surface area contributed by atoms with Crippen LogP contribution in [0.5, 0.6) is 0 Å². The molecule has 1 fully saturated rings. The van der Waals surface area contributed by atoms with E-state index in [4.69, 9.17) is 16.3 Å². The second-order valence-electron chi connectivity index (χ2n) is 6.76. The Morgan fingerprint density at radius 1 is 1.21 bits per heavy atom. The van der Waals surface area contributed by atoms with Gasteiger partial charge in [0.05, 0.1) is 19.3 Å². The third-order valence-corrected chi connectivity index (χ3v) is 5.73. The van der Waals surface area contributed by atoms with Crippen LogP contribution < -0.4 is 0 Å². The van der Waals surface area contributed by atoms with E-state index in [1.165, 1.54) is 11.8 Å². The zero-order valence-corrected chi connectivity index (χ0v) is 16.8. The second kappa shape index (κ2) is 9.05. The molecule has 1 N–H and O–H groups in total. The van der Waals surface area contributed by atoms with Crippen LogP contribution in [-0.4, -0.2) is 43.3 Å². The molecule has 0 aliphatic heterocycles. The summed E-state index contributed by atoms with van der Waals surface area (Å²) in [6.07, 6.45) is 5.23. The number of hydrogen-bond donors (Lipinski definition) is 1. The van der Waals surface area contributed by atoms with E-state index in [0.717, 1.165) is 34.9 Å². The first kappa shape index (κ1) is 19.4. The minimum atomic E-state index is -0.580. The Hall–Kier alpha value is -1.93. The van der Waals surface area contributed by atoms with Gasteiger partial charge in [-0.2, -0.15) is 0 Å². The number of aliphatic hydroxyl groups is 1. The standard InChI is InChI=1S/C20H21ClN4O2S/c21-16-5-3-14(4-6-16)11-27-12-18(26)13-28-20-24-23-19(25(20)17-7-8-17)15-2-1-9-22-10-15/h1-6,9-10,17-18,26H,7-8,11-13H2. The number of hydrogen-bond acceptors (Lipinski definition) is 6. The summed E-state index contributed by atoms with van der Waals surface area (Å²) >= 11 is 7.38. The van der Waals surface area contributed by atoms with Gasteiger partial charge in [0.15, 0.2) is 11.0 Å². The molecule has 8 heteroatoms. The third-order valence-electron chi connectivity index (χ3n) is 4.39. The molecule has 1 saturated carbocycles. The molecule has 0 amide bonds. The maximum atomic E-state index is 10.3. The fourth-order valence-electron chi connectivity index (χ4n) is 2.84. The molecule has 146 valence electrons. The number of aromatic nitrogens is 4. The van der Waals surface area contributed by atoms with Gasteiger partial charge in [-0.1, -0.05) is 35.5 Å². The predicted molar refractivity (Wildman–Crippen MR) is 109 cm³/mol. The van der Waals surface area contributed by atoms with Crippen molar-refractivity contribution < 1.29 is 9.84 Å². The molecule has 2 heterocycles. The van der Waals surface area contributed by atoms with Crippen LogP contribution in [0, 0.1) is 0 Å². The lowest BCUT2D eigenvalue weighted by Gasteiger charge is -2.12. The van der Waals surface area contributed by atoms with Crippen LogP contribution in [0.2, 0.25) is 5.02 Å². The topological polar surface area (TPSA) is 73.1 Å². The Bertz CT molecular complexity index is 900. The minimum Gasteiger partial charge on any atom is -0.390 e. The fraction of sp³-hybridized carbons (Fsp3) is 0.350. The molecule has 6 nitrogen and oxygen atoms in total. The average molecular weight is 417 g/mol. The van der Waals surface area contributed by atoms with Crippen LogP contribution in [0.3, 0.4) is 0 Å². The average Bonchev–Trinajstić information content (AvgIpc) is 3.47. The van der Waals surface area contributed by atoms with Crippen molar-refractivity contribution in [3.05, 3.63) is 59.4 Å². The van der Waals surface area contributed by atoms with Crippen molar-refractivity contribution >= 4 is 23.4 Å². The summed E-state index contributed by atoms with van der Waals surface area (Å²) in [6, 6.07) is 11.8. The Morgan fingerprint density at radius 3 is 2.75 bits per heavy atom. The van der Waals surface area contributed by atoms with E-state index >= 15 is 0 Å². The Morgan fingerprint density at radius 2 is 2.04 bits per heavy atom. The SMILES string of the molecule is OC(COCc1ccc(Cl)cc1)CSc1nnc(-c2cccnc2)n1C1CC1. The number of ether oxygens (including phenoxy) is 1. The molecule has 0 bridgehead atoms. The van der Waals surface area contributed by atoms with Gasteiger partial charge >= 0.3 is 0 Å². The predicted octanol–water partition coefficient (Wildman–Crippen LogP) is 4.00. The van der Waals surface area contributed by atoms with E-state index in [1.807, 2.05) is 36.4 Å². The van der Waals surface area contributed by atoms with Gasteiger partial charge in [0.2, 0.25) is 0 Å². The van der Waals surface area contributed by atoms with Gasteiger partial charge in [-0.25, -0.2) is 0 Å². The van der Waals surface area contributed by atoms with Gasteiger partial charge in [0.25, 0.3) is 0 Å². The smallest absolute Gasteiger partial charge is 0.191 e. The highest BCUT2D eigenvalue weighted by Crippen LogP contribution is 2.41. The maximum Gasteiger partial charge on any atom is 0.191 e. The second-order valence-corrected chi connectivity index (χ2v) is 8.18. The molecule has 1 atom stereocenters. The molecule has 3 aromatic rings. The molecule has 4 rings (SSSR count). The van der Waals surface area contributed by atoms with E-state index in [9.17, 15) is 5.11 Å². The molecule has 28 heavy (non-hydrogen) atoms. The zero-order chi connectivity index (χ0) is 19.3. The van der Waals surface area contributed by atoms with E-state index < -0.39 is 6.10 Å². The highest BCUT2D eigenvalue weighted by molar-refractivity contribution is 7.99. The lowest BCUT2D eigenvalue weighted by Crippen LogP contribution is -2.18. The Balaban J connectivity index is 1.32. The monoisotopic (exact) mass is 416 g/mol. The summed E-state index contributed by atoms with van der Waals surface area (Å²) in [5.41, 5.74) is 1.99. The summed E-state index contributed by atoms with van der Waals surface area (Å²) < 4.78 is 7.79. The van der Waals surface area contributed by atoms with Crippen LogP contribution in [0.15, 0.2) is 53.9 Å². The lowest BCUT2D eigenvalue weighted by molar-refractivity contribution is 0.0397. The van der Waals surface area contributed by atoms with Crippen LogP contribution in [-0.2, 0) is 11.3 Å². The van der Waals surface area contributed by atoms with Gasteiger partial charge < -0.3 is 9.84 Å². The molecule has 1 unspecified atom stereocenters. The molecule has 0 radical (unpaired) electrons. The van der Waals surface area contributed by atoms with Gasteiger partial charge in [-0.05, 0) is 42.7 Å². The third kappa shape index (κ3) is 4.91. The zero-order valence-electron chi connectivity index (χ0n) is 15.2. The van der Waals surface area contributed by atoms with Crippen molar-refractivity contribution in [3.63, 3.8) is 0 Å². The van der Waals surface area contributed by atoms with Crippen molar-refractivity contribution in [2.45, 2.75) is 36.8 Å². The number of pyridine rings is 1. The van der Waals surface area contributed by atoms with Gasteiger partial charge in [-0.3, -0.25) is 9.55 Å². The van der Waals surface area contributed by atoms with E-state index in [1.54, 1.807) is 12.4 Å². The van der Waals surface area contributed by atoms with Crippen molar-refractivity contribution in [2.24, 2.45) is 0 Å². The first-order chi connectivity index (χ1) is 13.7. The van der Waals surface area contributed by atoms with Crippen LogP contribution in [0.1, 0.15) is 24.4 Å². The van der Waals surface area contributed by atoms with E-state index in [-0.39, 0.29) is 6.61 Å². The van der Waals surface area contributed by atoms with Crippen LogP contribution in [0.25, 0.3) is 11.4 Å². The van der Waals surface area contributed by atoms with E-state index in [0.29, 0.717) is 23.4 Å². The molecule has 1 aromatic carbocycles. The first-order valence-corrected chi connectivity index (χ1v) is 10.6. The van der Waals surface area contributed by atoms with Crippen molar-refractivity contribution in [3.8, 4) is 11.4 Å². The normalized spacial score (nSPS) is 14.9. The van der Waals surface area contributed by atoms with Crippen molar-refractivity contribution in [2.75, 3.05) is 12.4 Å². The minimum absolute atomic E-state index is 0.267. The molecule has 0 saturated heterocycles. The van der Waals surface area contributed by atoms with Gasteiger partial charge in [-0.15, -0.1) is 10.2 Å². The summed E-state index contributed by atoms with van der Waals surface area (Å²) in [5, 5.41) is 20.5. The molecule has 1 aliphatic rings. The Labute approximate surface area is 172 Å². The van der Waals surface area contributed by atoms with Crippen molar-refractivity contribution in [1.29, 1.82) is 0 Å². The van der Waals surface area contributed by atoms with Gasteiger partial charge in [0, 0.05) is 34.8 Å². The molecule has 2 aromatic heterocycles. The van der Waals surface area contributed by atoms with Crippen LogP contribution in [0.4, 0.5) is 0 Å². The summed E-state index contributed by atoms with van der Waals surface area (Å²) in [5.74, 6) is 1.34. The summed E-state index contributed by atoms with van der Waals surface area (Å²) in [7, 11) is 0. The number of rotatable bonds is 9. The lowest BCUT2D eigenvalue weighted by atomic mass is 10.2. The van der Waals surface area contributed by atoms with Crippen LogP contribution >= 0.6 is 23.4 Å². The highest BCUT2D eigenvalue weighted by Gasteiger charge is 2.30. The number of benzene rings is 1. The van der Waals surface area contributed by atoms with E-state index in [2.05, 4.69) is 19.7 Å². The number of aliphatic hydroxyl groups excluding tert-OH is 1. The number of nitrogens with zero attached hydrogens (tertiary/aromatic N) is 4. The first-order valence-electron chi connectivity index (χ1n) is 9.19. The summed E-state index contributed by atoms with van der Waals surface area (Å²) in [6.45, 7) is 0.713.